The molecule has 4 aromatic carbocycles. The molecule has 0 amide bonds. The van der Waals surface area contributed by atoms with Crippen molar-refractivity contribution in [3.05, 3.63) is 80.7 Å². The smallest absolute Gasteiger partial charge is 0.0273 e. The van der Waals surface area contributed by atoms with E-state index >= 15 is 0 Å². The van der Waals surface area contributed by atoms with E-state index in [9.17, 15) is 0 Å². The van der Waals surface area contributed by atoms with Gasteiger partial charge in [0.05, 0.1) is 0 Å². The molecule has 158 valence electrons. The molecule has 32 heavy (non-hydrogen) atoms. The van der Waals surface area contributed by atoms with Crippen LogP contribution in [-0.2, 0) is 5.41 Å². The Kier molecular flexibility index (Phi) is 3.67. The molecular weight excluding hydrogens is 520 g/mol. The van der Waals surface area contributed by atoms with Crippen molar-refractivity contribution < 1.29 is 0 Å². The third-order valence-electron chi connectivity index (χ3n) is 9.56. The second kappa shape index (κ2) is 6.27. The van der Waals surface area contributed by atoms with Crippen molar-refractivity contribution in [1.29, 1.82) is 0 Å². The summed E-state index contributed by atoms with van der Waals surface area (Å²) in [6.45, 7) is 0. The van der Waals surface area contributed by atoms with E-state index in [0.717, 1.165) is 23.7 Å². The van der Waals surface area contributed by atoms with Gasteiger partial charge in [0.1, 0.15) is 0 Å². The summed E-state index contributed by atoms with van der Waals surface area (Å²) in [4.78, 5) is 0. The van der Waals surface area contributed by atoms with Gasteiger partial charge in [-0.25, -0.2) is 0 Å². The van der Waals surface area contributed by atoms with Crippen LogP contribution in [0.2, 0.25) is 0 Å². The lowest BCUT2D eigenvalue weighted by atomic mass is 9.43. The first-order valence-corrected chi connectivity index (χ1v) is 13.7. The SMILES string of the molecule is Brc1cc2c(c3ccccc13)-c1c(cc(Br)c3ccccc13)C21C2CC3CC(C2)CC1C3. The van der Waals surface area contributed by atoms with Crippen molar-refractivity contribution >= 4 is 53.4 Å². The Hall–Kier alpha value is -1.64. The molecule has 4 aromatic rings. The highest BCUT2D eigenvalue weighted by Gasteiger charge is 2.62. The van der Waals surface area contributed by atoms with Crippen LogP contribution in [0.15, 0.2) is 69.6 Å². The lowest BCUT2D eigenvalue weighted by molar-refractivity contribution is -0.0399. The second-order valence-corrected chi connectivity index (χ2v) is 12.5. The van der Waals surface area contributed by atoms with Gasteiger partial charge in [0, 0.05) is 14.4 Å². The predicted molar refractivity (Wildman–Crippen MR) is 140 cm³/mol. The third kappa shape index (κ3) is 2.11. The quantitative estimate of drug-likeness (QED) is 0.207. The number of hydrogen-bond acceptors (Lipinski definition) is 0. The Morgan fingerprint density at radius 3 is 1.41 bits per heavy atom. The first-order valence-electron chi connectivity index (χ1n) is 12.1. The molecular formula is C30H24Br2. The maximum absolute atomic E-state index is 4.00. The standard InChI is InChI=1S/C30H24Br2/c31-26-14-24-28(22-7-3-1-5-20(22)26)29-23-8-4-2-6-21(23)27(32)15-25(29)30(24)18-10-16-9-17(12-18)13-19(30)11-16/h1-8,14-19H,9-13H2. The Morgan fingerprint density at radius 2 is 0.969 bits per heavy atom. The highest BCUT2D eigenvalue weighted by molar-refractivity contribution is 9.11. The molecule has 0 saturated heterocycles. The average Bonchev–Trinajstić information content (AvgIpc) is 3.08. The highest BCUT2D eigenvalue weighted by atomic mass is 79.9. The molecule has 9 rings (SSSR count). The first-order chi connectivity index (χ1) is 15.7. The first kappa shape index (κ1) is 18.7. The van der Waals surface area contributed by atoms with Crippen LogP contribution in [0.3, 0.4) is 0 Å². The maximum atomic E-state index is 4.00. The van der Waals surface area contributed by atoms with Gasteiger partial charge in [0.2, 0.25) is 0 Å². The Balaban J connectivity index is 1.59. The molecule has 5 aliphatic rings. The van der Waals surface area contributed by atoms with Gasteiger partial charge in [-0.05, 0) is 112 Å². The number of benzene rings is 4. The van der Waals surface area contributed by atoms with Gasteiger partial charge in [-0.1, -0.05) is 80.4 Å². The predicted octanol–water partition coefficient (Wildman–Crippen LogP) is 9.24. The van der Waals surface area contributed by atoms with Gasteiger partial charge in [-0.3, -0.25) is 0 Å². The molecule has 4 fully saturated rings. The summed E-state index contributed by atoms with van der Waals surface area (Å²) in [6.07, 6.45) is 7.16. The van der Waals surface area contributed by atoms with Crippen molar-refractivity contribution in [2.45, 2.75) is 37.5 Å². The van der Waals surface area contributed by atoms with Crippen molar-refractivity contribution in [1.82, 2.24) is 0 Å². The summed E-state index contributed by atoms with van der Waals surface area (Å²) < 4.78 is 2.52. The van der Waals surface area contributed by atoms with Crippen molar-refractivity contribution in [3.8, 4) is 11.1 Å². The lowest BCUT2D eigenvalue weighted by Gasteiger charge is -2.61. The van der Waals surface area contributed by atoms with Crippen LogP contribution in [0.1, 0.15) is 43.2 Å². The summed E-state index contributed by atoms with van der Waals surface area (Å²) in [5.74, 6) is 3.48. The number of halogens is 2. The van der Waals surface area contributed by atoms with E-state index in [-0.39, 0.29) is 5.41 Å². The molecule has 0 radical (unpaired) electrons. The van der Waals surface area contributed by atoms with Gasteiger partial charge in [0.25, 0.3) is 0 Å². The third-order valence-corrected chi connectivity index (χ3v) is 10.9. The van der Waals surface area contributed by atoms with E-state index in [0.29, 0.717) is 0 Å². The summed E-state index contributed by atoms with van der Waals surface area (Å²) in [7, 11) is 0. The number of rotatable bonds is 0. The van der Waals surface area contributed by atoms with E-state index in [1.807, 2.05) is 0 Å². The zero-order chi connectivity index (χ0) is 21.2. The van der Waals surface area contributed by atoms with Crippen molar-refractivity contribution in [3.63, 3.8) is 0 Å². The van der Waals surface area contributed by atoms with Crippen LogP contribution >= 0.6 is 31.9 Å². The lowest BCUT2D eigenvalue weighted by Crippen LogP contribution is -2.55. The van der Waals surface area contributed by atoms with Crippen LogP contribution in [-0.4, -0.2) is 0 Å². The van der Waals surface area contributed by atoms with Gasteiger partial charge < -0.3 is 0 Å². The van der Waals surface area contributed by atoms with Crippen LogP contribution in [0.25, 0.3) is 32.7 Å². The van der Waals surface area contributed by atoms with Gasteiger partial charge >= 0.3 is 0 Å². The van der Waals surface area contributed by atoms with Crippen LogP contribution in [0.4, 0.5) is 0 Å². The molecule has 5 aliphatic carbocycles. The summed E-state index contributed by atoms with van der Waals surface area (Å²) >= 11 is 8.00. The van der Waals surface area contributed by atoms with E-state index in [4.69, 9.17) is 0 Å². The normalized spacial score (nSPS) is 28.6. The van der Waals surface area contributed by atoms with Crippen LogP contribution < -0.4 is 0 Å². The number of fused-ring (bicyclic) bond motifs is 7. The molecule has 0 aliphatic heterocycles. The van der Waals surface area contributed by atoms with E-state index in [2.05, 4.69) is 92.5 Å². The highest BCUT2D eigenvalue weighted by Crippen LogP contribution is 2.71. The topological polar surface area (TPSA) is 0 Å². The Morgan fingerprint density at radius 1 is 0.562 bits per heavy atom. The van der Waals surface area contributed by atoms with Crippen LogP contribution in [0.5, 0.6) is 0 Å². The van der Waals surface area contributed by atoms with Crippen molar-refractivity contribution in [2.24, 2.45) is 23.7 Å². The largest absolute Gasteiger partial charge is 0.0616 e. The molecule has 4 bridgehead atoms. The molecule has 0 unspecified atom stereocenters. The van der Waals surface area contributed by atoms with E-state index < -0.39 is 0 Å². The summed E-state index contributed by atoms with van der Waals surface area (Å²) in [5.41, 5.74) is 6.46. The molecule has 0 atom stereocenters. The minimum absolute atomic E-state index is 0.178. The average molecular weight is 544 g/mol. The molecule has 0 nitrogen and oxygen atoms in total. The monoisotopic (exact) mass is 542 g/mol. The van der Waals surface area contributed by atoms with Gasteiger partial charge in [0.15, 0.2) is 0 Å². The van der Waals surface area contributed by atoms with Gasteiger partial charge in [-0.2, -0.15) is 0 Å². The molecule has 4 saturated carbocycles. The Labute approximate surface area is 205 Å². The molecule has 0 N–H and O–H groups in total. The zero-order valence-corrected chi connectivity index (χ0v) is 21.0. The fraction of sp³-hybridized carbons (Fsp3) is 0.333. The van der Waals surface area contributed by atoms with Gasteiger partial charge in [-0.15, -0.1) is 0 Å². The molecule has 1 spiro atoms. The molecule has 0 heterocycles. The number of hydrogen-bond donors (Lipinski definition) is 0. The fourth-order valence-electron chi connectivity index (χ4n) is 8.81. The molecule has 2 heteroatoms. The van der Waals surface area contributed by atoms with Crippen LogP contribution in [0, 0.1) is 23.7 Å². The minimum atomic E-state index is 0.178. The maximum Gasteiger partial charge on any atom is 0.0273 e. The minimum Gasteiger partial charge on any atom is -0.0616 e. The van der Waals surface area contributed by atoms with E-state index in [1.54, 1.807) is 11.1 Å². The zero-order valence-electron chi connectivity index (χ0n) is 17.9. The Bertz CT molecular complexity index is 1340. The fourth-order valence-corrected chi connectivity index (χ4v) is 9.96. The summed E-state index contributed by atoms with van der Waals surface area (Å²) in [5, 5.41) is 5.50. The molecule has 0 aromatic heterocycles. The summed E-state index contributed by atoms with van der Waals surface area (Å²) in [6, 6.07) is 23.1. The second-order valence-electron chi connectivity index (χ2n) is 10.8. The van der Waals surface area contributed by atoms with E-state index in [1.165, 1.54) is 73.7 Å². The van der Waals surface area contributed by atoms with Crippen molar-refractivity contribution in [2.75, 3.05) is 0 Å².